The van der Waals surface area contributed by atoms with Crippen molar-refractivity contribution in [2.24, 2.45) is 5.92 Å². The lowest BCUT2D eigenvalue weighted by Gasteiger charge is -2.32. The summed E-state index contributed by atoms with van der Waals surface area (Å²) in [5.74, 6) is 1.65. The van der Waals surface area contributed by atoms with Crippen molar-refractivity contribution in [1.82, 2.24) is 14.7 Å². The Bertz CT molecular complexity index is 614. The van der Waals surface area contributed by atoms with E-state index in [0.29, 0.717) is 12.3 Å². The van der Waals surface area contributed by atoms with E-state index >= 15 is 0 Å². The van der Waals surface area contributed by atoms with Gasteiger partial charge in [-0.2, -0.15) is 5.10 Å². The molecule has 2 heterocycles. The second kappa shape index (κ2) is 7.31. The monoisotopic (exact) mass is 313 g/mol. The third-order valence-corrected chi connectivity index (χ3v) is 4.49. The number of aromatic nitrogens is 2. The number of ether oxygens (including phenoxy) is 1. The normalized spacial score (nSPS) is 15.6. The van der Waals surface area contributed by atoms with Crippen LogP contribution in [-0.2, 0) is 17.8 Å². The van der Waals surface area contributed by atoms with Crippen LogP contribution < -0.4 is 4.74 Å². The molecule has 0 N–H and O–H groups in total. The number of hydrogen-bond donors (Lipinski definition) is 0. The van der Waals surface area contributed by atoms with Gasteiger partial charge in [-0.3, -0.25) is 9.48 Å². The molecule has 5 nitrogen and oxygen atoms in total. The van der Waals surface area contributed by atoms with E-state index in [1.54, 1.807) is 7.11 Å². The number of methoxy groups -OCH3 is 1. The van der Waals surface area contributed by atoms with Crippen LogP contribution in [0.1, 0.15) is 18.4 Å². The first-order valence-corrected chi connectivity index (χ1v) is 8.13. The average Bonchev–Trinajstić information content (AvgIpc) is 3.09. The summed E-state index contributed by atoms with van der Waals surface area (Å²) in [5.41, 5.74) is 1.04. The van der Waals surface area contributed by atoms with Gasteiger partial charge >= 0.3 is 0 Å². The van der Waals surface area contributed by atoms with Gasteiger partial charge in [0.15, 0.2) is 0 Å². The first kappa shape index (κ1) is 15.6. The van der Waals surface area contributed by atoms with Crippen molar-refractivity contribution in [2.45, 2.75) is 25.8 Å². The minimum absolute atomic E-state index is 0.215. The van der Waals surface area contributed by atoms with Gasteiger partial charge in [0.05, 0.1) is 13.5 Å². The average molecular weight is 313 g/mol. The molecule has 1 aliphatic heterocycles. The van der Waals surface area contributed by atoms with Crippen molar-refractivity contribution >= 4 is 5.91 Å². The number of hydrogen-bond acceptors (Lipinski definition) is 3. The quantitative estimate of drug-likeness (QED) is 0.851. The maximum atomic E-state index is 12.4. The van der Waals surface area contributed by atoms with Crippen LogP contribution in [0.4, 0.5) is 0 Å². The van der Waals surface area contributed by atoms with Crippen LogP contribution >= 0.6 is 0 Å². The number of carbonyl (C=O) groups excluding carboxylic acids is 1. The molecule has 2 aromatic rings. The Morgan fingerprint density at radius 3 is 2.61 bits per heavy atom. The van der Waals surface area contributed by atoms with E-state index in [1.807, 2.05) is 52.3 Å². The van der Waals surface area contributed by atoms with E-state index in [-0.39, 0.29) is 5.91 Å². The molecular weight excluding hydrogens is 290 g/mol. The fourth-order valence-electron chi connectivity index (χ4n) is 3.07. The van der Waals surface area contributed by atoms with Gasteiger partial charge in [-0.1, -0.05) is 12.1 Å². The highest BCUT2D eigenvalue weighted by atomic mass is 16.5. The maximum absolute atomic E-state index is 12.4. The third kappa shape index (κ3) is 4.12. The molecule has 5 heteroatoms. The van der Waals surface area contributed by atoms with Crippen molar-refractivity contribution in [3.63, 3.8) is 0 Å². The number of nitrogens with zero attached hydrogens (tertiary/aromatic N) is 3. The van der Waals surface area contributed by atoms with Gasteiger partial charge in [-0.25, -0.2) is 0 Å². The number of amides is 1. The third-order valence-electron chi connectivity index (χ3n) is 4.49. The molecule has 1 amide bonds. The number of rotatable bonds is 5. The van der Waals surface area contributed by atoms with E-state index in [4.69, 9.17) is 4.74 Å². The molecule has 0 atom stereocenters. The van der Waals surface area contributed by atoms with Gasteiger partial charge in [-0.15, -0.1) is 0 Å². The molecule has 1 fully saturated rings. The molecule has 0 spiro atoms. The smallest absolute Gasteiger partial charge is 0.226 e. The molecule has 1 aliphatic rings. The summed E-state index contributed by atoms with van der Waals surface area (Å²) < 4.78 is 7.13. The molecule has 0 saturated carbocycles. The van der Waals surface area contributed by atoms with Crippen molar-refractivity contribution in [1.29, 1.82) is 0 Å². The van der Waals surface area contributed by atoms with Crippen molar-refractivity contribution in [3.8, 4) is 5.75 Å². The van der Waals surface area contributed by atoms with Crippen LogP contribution in [0.5, 0.6) is 5.75 Å². The molecule has 3 rings (SSSR count). The zero-order valence-electron chi connectivity index (χ0n) is 13.5. The SMILES string of the molecule is COc1ccc(CC(=O)N2CCC(Cn3cccn3)CC2)cc1. The zero-order chi connectivity index (χ0) is 16.1. The van der Waals surface area contributed by atoms with Gasteiger partial charge in [0.1, 0.15) is 5.75 Å². The van der Waals surface area contributed by atoms with Gasteiger partial charge in [0, 0.05) is 32.0 Å². The first-order valence-electron chi connectivity index (χ1n) is 8.13. The van der Waals surface area contributed by atoms with Gasteiger partial charge in [0.2, 0.25) is 5.91 Å². The fourth-order valence-corrected chi connectivity index (χ4v) is 3.07. The number of carbonyl (C=O) groups is 1. The Morgan fingerprint density at radius 1 is 1.26 bits per heavy atom. The van der Waals surface area contributed by atoms with Gasteiger partial charge in [-0.05, 0) is 42.5 Å². The summed E-state index contributed by atoms with van der Waals surface area (Å²) in [6.45, 7) is 2.65. The van der Waals surface area contributed by atoms with Crippen LogP contribution in [0, 0.1) is 5.92 Å². The first-order chi connectivity index (χ1) is 11.2. The van der Waals surface area contributed by atoms with Crippen LogP contribution in [0.2, 0.25) is 0 Å². The summed E-state index contributed by atoms with van der Waals surface area (Å²) in [6.07, 6.45) is 6.38. The second-order valence-corrected chi connectivity index (χ2v) is 6.08. The van der Waals surface area contributed by atoms with Crippen LogP contribution in [0.3, 0.4) is 0 Å². The summed E-state index contributed by atoms with van der Waals surface area (Å²) >= 11 is 0. The minimum atomic E-state index is 0.215. The van der Waals surface area contributed by atoms with Crippen molar-refractivity contribution in [2.75, 3.05) is 20.2 Å². The maximum Gasteiger partial charge on any atom is 0.226 e. The molecule has 1 aromatic heterocycles. The molecule has 0 bridgehead atoms. The molecule has 23 heavy (non-hydrogen) atoms. The van der Waals surface area contributed by atoms with E-state index in [1.165, 1.54) is 0 Å². The van der Waals surface area contributed by atoms with Gasteiger partial charge < -0.3 is 9.64 Å². The summed E-state index contributed by atoms with van der Waals surface area (Å²) in [5, 5.41) is 4.26. The topological polar surface area (TPSA) is 47.4 Å². The molecular formula is C18H23N3O2. The highest BCUT2D eigenvalue weighted by molar-refractivity contribution is 5.78. The number of benzene rings is 1. The van der Waals surface area contributed by atoms with Crippen LogP contribution in [0.15, 0.2) is 42.7 Å². The van der Waals surface area contributed by atoms with Crippen LogP contribution in [0.25, 0.3) is 0 Å². The Morgan fingerprint density at radius 2 is 2.00 bits per heavy atom. The highest BCUT2D eigenvalue weighted by Crippen LogP contribution is 2.20. The summed E-state index contributed by atoms with van der Waals surface area (Å²) in [4.78, 5) is 14.4. The van der Waals surface area contributed by atoms with Crippen molar-refractivity contribution in [3.05, 3.63) is 48.3 Å². The largest absolute Gasteiger partial charge is 0.497 e. The zero-order valence-corrected chi connectivity index (χ0v) is 13.5. The molecule has 0 aliphatic carbocycles. The Balaban J connectivity index is 1.47. The lowest BCUT2D eigenvalue weighted by molar-refractivity contribution is -0.131. The molecule has 1 aromatic carbocycles. The predicted octanol–water partition coefficient (Wildman–Crippen LogP) is 2.37. The van der Waals surface area contributed by atoms with E-state index < -0.39 is 0 Å². The Labute approximate surface area is 136 Å². The van der Waals surface area contributed by atoms with E-state index in [2.05, 4.69) is 5.10 Å². The molecule has 122 valence electrons. The number of piperidine rings is 1. The molecule has 1 saturated heterocycles. The lowest BCUT2D eigenvalue weighted by Crippen LogP contribution is -2.40. The van der Waals surface area contributed by atoms with Crippen LogP contribution in [-0.4, -0.2) is 40.8 Å². The van der Waals surface area contributed by atoms with E-state index in [9.17, 15) is 4.79 Å². The van der Waals surface area contributed by atoms with Gasteiger partial charge in [0.25, 0.3) is 0 Å². The minimum Gasteiger partial charge on any atom is -0.497 e. The Hall–Kier alpha value is -2.30. The number of likely N-dealkylation sites (tertiary alicyclic amines) is 1. The van der Waals surface area contributed by atoms with E-state index in [0.717, 1.165) is 43.8 Å². The predicted molar refractivity (Wildman–Crippen MR) is 88.2 cm³/mol. The second-order valence-electron chi connectivity index (χ2n) is 6.08. The lowest BCUT2D eigenvalue weighted by atomic mass is 9.96. The molecule has 0 radical (unpaired) electrons. The summed E-state index contributed by atoms with van der Waals surface area (Å²) in [6, 6.07) is 9.67. The Kier molecular flexibility index (Phi) is 4.95. The summed E-state index contributed by atoms with van der Waals surface area (Å²) in [7, 11) is 1.65. The standard InChI is InChI=1S/C18H23N3O2/c1-23-17-5-3-15(4-6-17)13-18(22)20-11-7-16(8-12-20)14-21-10-2-9-19-21/h2-6,9-10,16H,7-8,11-14H2,1H3. The fraction of sp³-hybridized carbons (Fsp3) is 0.444. The highest BCUT2D eigenvalue weighted by Gasteiger charge is 2.23. The van der Waals surface area contributed by atoms with Crippen molar-refractivity contribution < 1.29 is 9.53 Å². The molecule has 0 unspecified atom stereocenters.